The van der Waals surface area contributed by atoms with Gasteiger partial charge in [0.1, 0.15) is 5.76 Å². The molecule has 20 heavy (non-hydrogen) atoms. The topological polar surface area (TPSA) is 45.4 Å². The normalized spacial score (nSPS) is 20.6. The van der Waals surface area contributed by atoms with Crippen LogP contribution in [0, 0.1) is 13.8 Å². The standard InChI is InChI=1S/C14H20N4OS/c1-10-9-20-14(15-10)18-5-4-17(7-11(18)2)8-13-6-12(3)19-16-13/h6,9,11H,4-5,7-8H2,1-3H3/t11-/m0/s1. The van der Waals surface area contributed by atoms with E-state index in [0.29, 0.717) is 6.04 Å². The van der Waals surface area contributed by atoms with Crippen molar-refractivity contribution in [3.63, 3.8) is 0 Å². The van der Waals surface area contributed by atoms with Gasteiger partial charge in [-0.1, -0.05) is 5.16 Å². The van der Waals surface area contributed by atoms with Crippen molar-refractivity contribution in [1.82, 2.24) is 15.0 Å². The minimum atomic E-state index is 0.474. The van der Waals surface area contributed by atoms with Gasteiger partial charge >= 0.3 is 0 Å². The van der Waals surface area contributed by atoms with Crippen molar-refractivity contribution in [3.8, 4) is 0 Å². The molecule has 1 aliphatic rings. The molecular weight excluding hydrogens is 272 g/mol. The van der Waals surface area contributed by atoms with Gasteiger partial charge in [-0.15, -0.1) is 11.3 Å². The highest BCUT2D eigenvalue weighted by Crippen LogP contribution is 2.25. The van der Waals surface area contributed by atoms with Crippen LogP contribution in [0.1, 0.15) is 24.1 Å². The van der Waals surface area contributed by atoms with Crippen LogP contribution in [0.3, 0.4) is 0 Å². The Morgan fingerprint density at radius 1 is 1.40 bits per heavy atom. The lowest BCUT2D eigenvalue weighted by atomic mass is 10.2. The van der Waals surface area contributed by atoms with Crippen molar-refractivity contribution in [2.45, 2.75) is 33.4 Å². The Morgan fingerprint density at radius 2 is 2.25 bits per heavy atom. The van der Waals surface area contributed by atoms with E-state index in [9.17, 15) is 0 Å². The van der Waals surface area contributed by atoms with E-state index in [1.807, 2.05) is 19.9 Å². The van der Waals surface area contributed by atoms with E-state index < -0.39 is 0 Å². The Kier molecular flexibility index (Phi) is 3.76. The fraction of sp³-hybridized carbons (Fsp3) is 0.571. The molecule has 1 fully saturated rings. The van der Waals surface area contributed by atoms with E-state index in [1.165, 1.54) is 0 Å². The first kappa shape index (κ1) is 13.6. The number of aryl methyl sites for hydroxylation is 2. The summed E-state index contributed by atoms with van der Waals surface area (Å²) in [5.74, 6) is 0.880. The summed E-state index contributed by atoms with van der Waals surface area (Å²) in [7, 11) is 0. The molecule has 0 bridgehead atoms. The number of thiazole rings is 1. The second-order valence-electron chi connectivity index (χ2n) is 5.48. The van der Waals surface area contributed by atoms with Gasteiger partial charge in [0.25, 0.3) is 0 Å². The van der Waals surface area contributed by atoms with Crippen LogP contribution in [0.2, 0.25) is 0 Å². The molecule has 3 rings (SSSR count). The van der Waals surface area contributed by atoms with Crippen molar-refractivity contribution in [2.24, 2.45) is 0 Å². The van der Waals surface area contributed by atoms with Crippen LogP contribution in [0.25, 0.3) is 0 Å². The monoisotopic (exact) mass is 292 g/mol. The molecule has 6 heteroatoms. The summed E-state index contributed by atoms with van der Waals surface area (Å²) in [5.41, 5.74) is 2.13. The van der Waals surface area contributed by atoms with Crippen LogP contribution in [0.15, 0.2) is 16.0 Å². The highest BCUT2D eigenvalue weighted by atomic mass is 32.1. The largest absolute Gasteiger partial charge is 0.361 e. The van der Waals surface area contributed by atoms with Crippen LogP contribution >= 0.6 is 11.3 Å². The van der Waals surface area contributed by atoms with E-state index in [4.69, 9.17) is 4.52 Å². The van der Waals surface area contributed by atoms with Crippen LogP contribution in [-0.2, 0) is 6.54 Å². The number of anilines is 1. The maximum Gasteiger partial charge on any atom is 0.185 e. The third-order valence-corrected chi connectivity index (χ3v) is 4.62. The second kappa shape index (κ2) is 5.54. The maximum atomic E-state index is 5.13. The fourth-order valence-corrected chi connectivity index (χ4v) is 3.59. The van der Waals surface area contributed by atoms with Gasteiger partial charge in [0, 0.05) is 43.7 Å². The van der Waals surface area contributed by atoms with Gasteiger partial charge < -0.3 is 9.42 Å². The molecule has 108 valence electrons. The summed E-state index contributed by atoms with van der Waals surface area (Å²) in [6.45, 7) is 10.2. The number of hydrogen-bond donors (Lipinski definition) is 0. The third-order valence-electron chi connectivity index (χ3n) is 3.63. The molecule has 0 aliphatic carbocycles. The Labute approximate surface area is 123 Å². The van der Waals surface area contributed by atoms with Gasteiger partial charge in [0.05, 0.1) is 11.4 Å². The van der Waals surface area contributed by atoms with Crippen molar-refractivity contribution >= 4 is 16.5 Å². The number of aromatic nitrogens is 2. The quantitative estimate of drug-likeness (QED) is 0.869. The third kappa shape index (κ3) is 2.86. The summed E-state index contributed by atoms with van der Waals surface area (Å²) in [4.78, 5) is 9.43. The van der Waals surface area contributed by atoms with Crippen LogP contribution in [0.5, 0.6) is 0 Å². The number of rotatable bonds is 3. The maximum absolute atomic E-state index is 5.13. The molecule has 5 nitrogen and oxygen atoms in total. The molecule has 1 aliphatic heterocycles. The van der Waals surface area contributed by atoms with Crippen molar-refractivity contribution in [2.75, 3.05) is 24.5 Å². The van der Waals surface area contributed by atoms with Crippen molar-refractivity contribution in [1.29, 1.82) is 0 Å². The van der Waals surface area contributed by atoms with Gasteiger partial charge in [-0.05, 0) is 20.8 Å². The molecule has 3 heterocycles. The van der Waals surface area contributed by atoms with Crippen molar-refractivity contribution < 1.29 is 4.52 Å². The average Bonchev–Trinajstić information content (AvgIpc) is 2.99. The molecule has 0 amide bonds. The predicted molar refractivity (Wildman–Crippen MR) is 80.2 cm³/mol. The number of piperazine rings is 1. The summed E-state index contributed by atoms with van der Waals surface area (Å²) >= 11 is 1.74. The summed E-state index contributed by atoms with van der Waals surface area (Å²) < 4.78 is 5.13. The summed E-state index contributed by atoms with van der Waals surface area (Å²) in [6.07, 6.45) is 0. The molecule has 0 unspecified atom stereocenters. The lowest BCUT2D eigenvalue weighted by molar-refractivity contribution is 0.215. The molecular formula is C14H20N4OS. The van der Waals surface area contributed by atoms with Crippen molar-refractivity contribution in [3.05, 3.63) is 28.6 Å². The smallest absolute Gasteiger partial charge is 0.185 e. The SMILES string of the molecule is Cc1csc(N2CCN(Cc3cc(C)on3)C[C@@H]2C)n1. The first-order valence-corrected chi connectivity index (χ1v) is 7.83. The average molecular weight is 292 g/mol. The number of nitrogens with zero attached hydrogens (tertiary/aromatic N) is 4. The molecule has 2 aromatic heterocycles. The molecule has 1 atom stereocenters. The van der Waals surface area contributed by atoms with Gasteiger partial charge in [0.15, 0.2) is 5.13 Å². The Hall–Kier alpha value is -1.40. The Morgan fingerprint density at radius 3 is 2.85 bits per heavy atom. The van der Waals surface area contributed by atoms with E-state index in [0.717, 1.165) is 48.5 Å². The van der Waals surface area contributed by atoms with Gasteiger partial charge in [-0.2, -0.15) is 0 Å². The predicted octanol–water partition coefficient (Wildman–Crippen LogP) is 2.46. The van der Waals surface area contributed by atoms with Gasteiger partial charge in [0.2, 0.25) is 0 Å². The molecule has 0 spiro atoms. The first-order valence-electron chi connectivity index (χ1n) is 6.95. The van der Waals surface area contributed by atoms with Crippen LogP contribution < -0.4 is 4.90 Å². The molecule has 0 radical (unpaired) electrons. The van der Waals surface area contributed by atoms with Gasteiger partial charge in [-0.25, -0.2) is 4.98 Å². The van der Waals surface area contributed by atoms with E-state index in [2.05, 4.69) is 32.2 Å². The molecule has 1 saturated heterocycles. The zero-order valence-corrected chi connectivity index (χ0v) is 13.0. The zero-order chi connectivity index (χ0) is 14.1. The lowest BCUT2D eigenvalue weighted by Crippen LogP contribution is -2.51. The highest BCUT2D eigenvalue weighted by Gasteiger charge is 2.26. The van der Waals surface area contributed by atoms with Crippen LogP contribution in [0.4, 0.5) is 5.13 Å². The molecule has 0 aromatic carbocycles. The van der Waals surface area contributed by atoms with E-state index in [-0.39, 0.29) is 0 Å². The number of hydrogen-bond acceptors (Lipinski definition) is 6. The minimum Gasteiger partial charge on any atom is -0.361 e. The van der Waals surface area contributed by atoms with Gasteiger partial charge in [-0.3, -0.25) is 4.90 Å². The minimum absolute atomic E-state index is 0.474. The molecule has 0 saturated carbocycles. The summed E-state index contributed by atoms with van der Waals surface area (Å²) in [6, 6.07) is 2.49. The van der Waals surface area contributed by atoms with E-state index >= 15 is 0 Å². The first-order chi connectivity index (χ1) is 9.61. The summed E-state index contributed by atoms with van der Waals surface area (Å²) in [5, 5.41) is 7.34. The lowest BCUT2D eigenvalue weighted by Gasteiger charge is -2.39. The molecule has 2 aromatic rings. The Bertz CT molecular complexity index is 579. The van der Waals surface area contributed by atoms with Crippen LogP contribution in [-0.4, -0.2) is 40.7 Å². The fourth-order valence-electron chi connectivity index (χ4n) is 2.66. The highest BCUT2D eigenvalue weighted by molar-refractivity contribution is 7.13. The zero-order valence-electron chi connectivity index (χ0n) is 12.2. The Balaban J connectivity index is 1.62. The molecule has 0 N–H and O–H groups in total. The second-order valence-corrected chi connectivity index (χ2v) is 6.31. The van der Waals surface area contributed by atoms with E-state index in [1.54, 1.807) is 11.3 Å².